The van der Waals surface area contributed by atoms with Crippen LogP contribution in [-0.4, -0.2) is 44.4 Å². The van der Waals surface area contributed by atoms with Crippen molar-refractivity contribution in [2.24, 2.45) is 0 Å². The number of nitriles is 1. The molecule has 0 unspecified atom stereocenters. The molecule has 0 fully saturated rings. The van der Waals surface area contributed by atoms with Crippen LogP contribution >= 0.6 is 0 Å². The molecule has 54 heavy (non-hydrogen) atoms. The summed E-state index contributed by atoms with van der Waals surface area (Å²) >= 11 is 0. The maximum atomic E-state index is 13.1. The summed E-state index contributed by atoms with van der Waals surface area (Å²) in [5.74, 6) is -2.28. The van der Waals surface area contributed by atoms with Crippen molar-refractivity contribution < 1.29 is 69.2 Å². The third kappa shape index (κ3) is 19.2. The van der Waals surface area contributed by atoms with Crippen LogP contribution in [0.2, 0.25) is 0 Å². The molecule has 0 aliphatic rings. The second kappa shape index (κ2) is 22.3. The molecule has 0 atom stereocenters. The van der Waals surface area contributed by atoms with Crippen molar-refractivity contribution in [3.05, 3.63) is 133 Å². The first kappa shape index (κ1) is 46.2. The van der Waals surface area contributed by atoms with Crippen molar-refractivity contribution in [3.8, 4) is 51.6 Å². The summed E-state index contributed by atoms with van der Waals surface area (Å²) in [6.07, 6.45) is 0. The molecule has 0 radical (unpaired) electrons. The second-order valence-electron chi connectivity index (χ2n) is 9.41. The van der Waals surface area contributed by atoms with E-state index in [-0.39, 0.29) is 17.1 Å². The summed E-state index contributed by atoms with van der Waals surface area (Å²) in [7, 11) is -12.0. The fourth-order valence-corrected chi connectivity index (χ4v) is 3.64. The first-order chi connectivity index (χ1) is 24.9. The number of hydrogen-bond acceptors (Lipinski definition) is 7. The van der Waals surface area contributed by atoms with E-state index in [4.69, 9.17) is 5.26 Å². The molecule has 0 aliphatic heterocycles. The minimum Gasteiger partial charge on any atom is -0.418 e. The molecular formula is C32H21B2F12FeN7. The number of hydrogen-bond donors (Lipinski definition) is 0. The Balaban J connectivity index is 0.000000404. The van der Waals surface area contributed by atoms with Crippen LogP contribution in [0, 0.1) is 35.1 Å². The molecule has 7 nitrogen and oxygen atoms in total. The van der Waals surface area contributed by atoms with E-state index in [0.29, 0.717) is 45.6 Å². The zero-order valence-electron chi connectivity index (χ0n) is 27.1. The summed E-state index contributed by atoms with van der Waals surface area (Å²) in [6, 6.07) is 30.0. The van der Waals surface area contributed by atoms with Crippen LogP contribution < -0.4 is 0 Å². The second-order valence-corrected chi connectivity index (χ2v) is 9.41. The van der Waals surface area contributed by atoms with Crippen molar-refractivity contribution in [1.29, 1.82) is 5.26 Å². The van der Waals surface area contributed by atoms with Crippen LogP contribution in [0.1, 0.15) is 6.92 Å². The van der Waals surface area contributed by atoms with Crippen LogP contribution in [0.4, 0.5) is 52.1 Å². The Labute approximate surface area is 309 Å². The summed E-state index contributed by atoms with van der Waals surface area (Å²) in [4.78, 5) is 23.8. The molecule has 0 amide bonds. The molecule has 0 aliphatic carbocycles. The molecule has 282 valence electrons. The van der Waals surface area contributed by atoms with E-state index >= 15 is 0 Å². The first-order valence-corrected chi connectivity index (χ1v) is 14.4. The standard InChI is InChI=1S/2C15H9F2N3.C2H3N.2BF4.Fe/c2*16-14-8-2-6-12(19-14)10-4-1-5-11(18-10)13-7-3-9-15(17)20-13;1-2-3;2*2-1(3,4)5;/h2*1-9H;1H3;;;/q;;;2*-1;+2. The Morgan fingerprint density at radius 3 is 0.648 bits per heavy atom. The fourth-order valence-electron chi connectivity index (χ4n) is 3.64. The molecule has 0 spiro atoms. The molecule has 0 saturated carbocycles. The molecule has 0 N–H and O–H groups in total. The van der Waals surface area contributed by atoms with Crippen molar-refractivity contribution in [2.75, 3.05) is 0 Å². The Hall–Kier alpha value is -5.80. The Morgan fingerprint density at radius 1 is 0.370 bits per heavy atom. The van der Waals surface area contributed by atoms with Gasteiger partial charge in [-0.25, -0.2) is 29.9 Å². The summed E-state index contributed by atoms with van der Waals surface area (Å²) in [5.41, 5.74) is 3.71. The van der Waals surface area contributed by atoms with Crippen molar-refractivity contribution in [2.45, 2.75) is 6.92 Å². The van der Waals surface area contributed by atoms with Gasteiger partial charge in [0, 0.05) is 6.92 Å². The van der Waals surface area contributed by atoms with Crippen LogP contribution in [-0.2, 0) is 17.1 Å². The SMILES string of the molecule is CC#N.F[B-](F)(F)F.F[B-](F)(F)F.Fc1cccc(-c2cccc(-c3cccc(F)n3)n2)n1.Fc1cccc(-c2cccc(-c3cccc(F)n3)n2)n1.[Fe+2]. The van der Waals surface area contributed by atoms with Gasteiger partial charge in [0.25, 0.3) is 0 Å². The van der Waals surface area contributed by atoms with Crippen LogP contribution in [0.5, 0.6) is 0 Å². The average molecular weight is 809 g/mol. The van der Waals surface area contributed by atoms with Crippen molar-refractivity contribution in [1.82, 2.24) is 29.9 Å². The zero-order chi connectivity index (χ0) is 39.6. The minimum atomic E-state index is -6.00. The number of pyridine rings is 6. The Kier molecular flexibility index (Phi) is 19.1. The van der Waals surface area contributed by atoms with Gasteiger partial charge in [0.2, 0.25) is 23.8 Å². The largest absolute Gasteiger partial charge is 2.00 e. The molecule has 0 bridgehead atoms. The predicted octanol–water partition coefficient (Wildman–Crippen LogP) is 10.1. The molecule has 0 aromatic carbocycles. The Bertz CT molecular complexity index is 1830. The van der Waals surface area contributed by atoms with Gasteiger partial charge in [0.1, 0.15) is 0 Å². The monoisotopic (exact) mass is 809 g/mol. The fraction of sp³-hybridized carbons (Fsp3) is 0.0312. The minimum absolute atomic E-state index is 0. The average Bonchev–Trinajstić information content (AvgIpc) is 3.08. The molecule has 0 saturated heterocycles. The van der Waals surface area contributed by atoms with Crippen LogP contribution in [0.15, 0.2) is 109 Å². The summed E-state index contributed by atoms with van der Waals surface area (Å²) < 4.78 is 131. The Morgan fingerprint density at radius 2 is 0.500 bits per heavy atom. The summed E-state index contributed by atoms with van der Waals surface area (Å²) in [6.45, 7) is 1.43. The van der Waals surface area contributed by atoms with Gasteiger partial charge < -0.3 is 34.5 Å². The van der Waals surface area contributed by atoms with E-state index in [1.54, 1.807) is 91.0 Å². The number of halogens is 12. The third-order valence-electron chi connectivity index (χ3n) is 5.41. The van der Waals surface area contributed by atoms with Gasteiger partial charge in [-0.05, 0) is 72.8 Å². The third-order valence-corrected chi connectivity index (χ3v) is 5.41. The number of nitrogens with zero attached hydrogens (tertiary/aromatic N) is 7. The molecule has 22 heteroatoms. The predicted molar refractivity (Wildman–Crippen MR) is 173 cm³/mol. The van der Waals surface area contributed by atoms with Crippen molar-refractivity contribution in [3.63, 3.8) is 0 Å². The maximum absolute atomic E-state index is 13.1. The van der Waals surface area contributed by atoms with E-state index < -0.39 is 38.3 Å². The van der Waals surface area contributed by atoms with E-state index in [0.717, 1.165) is 0 Å². The van der Waals surface area contributed by atoms with E-state index in [1.807, 2.05) is 0 Å². The number of rotatable bonds is 4. The maximum Gasteiger partial charge on any atom is 2.00 e. The summed E-state index contributed by atoms with van der Waals surface area (Å²) in [5, 5.41) is 7.32. The molecule has 6 rings (SSSR count). The van der Waals surface area contributed by atoms with Gasteiger partial charge >= 0.3 is 31.6 Å². The number of aromatic nitrogens is 6. The van der Waals surface area contributed by atoms with Gasteiger partial charge in [0.05, 0.1) is 51.6 Å². The topological polar surface area (TPSA) is 101 Å². The van der Waals surface area contributed by atoms with Gasteiger partial charge in [0.15, 0.2) is 0 Å². The van der Waals surface area contributed by atoms with E-state index in [9.17, 15) is 52.1 Å². The van der Waals surface area contributed by atoms with Gasteiger partial charge in [-0.2, -0.15) is 22.8 Å². The smallest absolute Gasteiger partial charge is 0.418 e. The van der Waals surface area contributed by atoms with Gasteiger partial charge in [-0.15, -0.1) is 0 Å². The quantitative estimate of drug-likeness (QED) is 0.0993. The van der Waals surface area contributed by atoms with E-state index in [2.05, 4.69) is 29.9 Å². The normalized spacial score (nSPS) is 10.1. The van der Waals surface area contributed by atoms with E-state index in [1.165, 1.54) is 31.2 Å². The molecule has 6 heterocycles. The molecular weight excluding hydrogens is 788 g/mol. The first-order valence-electron chi connectivity index (χ1n) is 14.4. The van der Waals surface area contributed by atoms with Gasteiger partial charge in [-0.1, -0.05) is 36.4 Å². The van der Waals surface area contributed by atoms with Crippen molar-refractivity contribution >= 4 is 14.5 Å². The molecule has 6 aromatic rings. The van der Waals surface area contributed by atoms with Crippen LogP contribution in [0.25, 0.3) is 45.6 Å². The van der Waals surface area contributed by atoms with Crippen LogP contribution in [0.3, 0.4) is 0 Å². The molecule has 6 aromatic heterocycles. The zero-order valence-corrected chi connectivity index (χ0v) is 28.2. The van der Waals surface area contributed by atoms with Gasteiger partial charge in [-0.3, -0.25) is 0 Å².